The fourth-order valence-corrected chi connectivity index (χ4v) is 2.23. The summed E-state index contributed by atoms with van der Waals surface area (Å²) in [4.78, 5) is 4.22. The van der Waals surface area contributed by atoms with Gasteiger partial charge in [0, 0.05) is 46.1 Å². The third kappa shape index (κ3) is 5.75. The lowest BCUT2D eigenvalue weighted by Gasteiger charge is -2.12. The summed E-state index contributed by atoms with van der Waals surface area (Å²) in [6, 6.07) is 0. The Morgan fingerprint density at radius 3 is 2.57 bits per heavy atom. The van der Waals surface area contributed by atoms with E-state index in [9.17, 15) is 0 Å². The highest BCUT2D eigenvalue weighted by Crippen LogP contribution is 2.11. The summed E-state index contributed by atoms with van der Waals surface area (Å²) in [6.45, 7) is 9.45. The van der Waals surface area contributed by atoms with Crippen LogP contribution in [-0.4, -0.2) is 49.1 Å². The molecule has 1 aromatic rings. The molecule has 0 bridgehead atoms. The molecule has 0 spiro atoms. The minimum absolute atomic E-state index is 0.775. The first-order valence-electron chi connectivity index (χ1n) is 7.61. The molecule has 0 aromatic carbocycles. The molecule has 120 valence electrons. The lowest BCUT2D eigenvalue weighted by atomic mass is 10.1. The fraction of sp³-hybridized carbons (Fsp3) is 0.733. The topological polar surface area (TPSA) is 63.5 Å². The summed E-state index contributed by atoms with van der Waals surface area (Å²) in [5.74, 6) is 0.839. The summed E-state index contributed by atoms with van der Waals surface area (Å²) < 4.78 is 7.24. The smallest absolute Gasteiger partial charge is 0.190 e. The molecule has 0 amide bonds. The van der Waals surface area contributed by atoms with Crippen molar-refractivity contribution < 1.29 is 4.74 Å². The highest BCUT2D eigenvalue weighted by Gasteiger charge is 2.08. The van der Waals surface area contributed by atoms with Crippen molar-refractivity contribution >= 4 is 5.96 Å². The highest BCUT2D eigenvalue weighted by atomic mass is 16.5. The average Bonchev–Trinajstić information content (AvgIpc) is 2.71. The molecule has 2 N–H and O–H groups in total. The Morgan fingerprint density at radius 2 is 2.00 bits per heavy atom. The summed E-state index contributed by atoms with van der Waals surface area (Å²) >= 11 is 0. The van der Waals surface area contributed by atoms with Gasteiger partial charge in [0.1, 0.15) is 0 Å². The molecular formula is C15H29N5O. The predicted octanol–water partition coefficient (Wildman–Crippen LogP) is 1.17. The maximum absolute atomic E-state index is 5.31. The van der Waals surface area contributed by atoms with E-state index in [1.165, 1.54) is 11.3 Å². The molecule has 0 fully saturated rings. The minimum atomic E-state index is 0.775. The second-order valence-electron chi connectivity index (χ2n) is 5.00. The summed E-state index contributed by atoms with van der Waals surface area (Å²) in [5.41, 5.74) is 3.65. The molecule has 0 aliphatic rings. The van der Waals surface area contributed by atoms with Gasteiger partial charge in [-0.2, -0.15) is 5.10 Å². The molecule has 0 unspecified atom stereocenters. The largest absolute Gasteiger partial charge is 0.382 e. The van der Waals surface area contributed by atoms with Crippen molar-refractivity contribution in [3.8, 4) is 0 Å². The zero-order chi connectivity index (χ0) is 15.7. The number of aliphatic imine (C=N–C) groups is 1. The molecule has 1 aromatic heterocycles. The Morgan fingerprint density at radius 1 is 1.29 bits per heavy atom. The molecule has 6 heteroatoms. The van der Waals surface area contributed by atoms with E-state index in [0.29, 0.717) is 0 Å². The second-order valence-corrected chi connectivity index (χ2v) is 5.00. The van der Waals surface area contributed by atoms with Gasteiger partial charge in [-0.3, -0.25) is 9.67 Å². The van der Waals surface area contributed by atoms with Crippen LogP contribution in [0.2, 0.25) is 0 Å². The number of rotatable bonds is 8. The van der Waals surface area contributed by atoms with Gasteiger partial charge in [-0.25, -0.2) is 0 Å². The molecule has 0 saturated carbocycles. The first-order valence-corrected chi connectivity index (χ1v) is 7.61. The molecule has 0 aliphatic heterocycles. The van der Waals surface area contributed by atoms with Crippen molar-refractivity contribution in [3.63, 3.8) is 0 Å². The maximum Gasteiger partial charge on any atom is 0.190 e. The van der Waals surface area contributed by atoms with Gasteiger partial charge in [-0.1, -0.05) is 0 Å². The molecular weight excluding hydrogens is 266 g/mol. The lowest BCUT2D eigenvalue weighted by Crippen LogP contribution is -2.39. The molecule has 0 saturated heterocycles. The fourth-order valence-electron chi connectivity index (χ4n) is 2.23. The number of aryl methyl sites for hydroxylation is 2. The molecule has 0 atom stereocenters. The summed E-state index contributed by atoms with van der Waals surface area (Å²) in [7, 11) is 3.77. The normalized spacial score (nSPS) is 11.8. The molecule has 1 rings (SSSR count). The van der Waals surface area contributed by atoms with Gasteiger partial charge in [0.15, 0.2) is 5.96 Å². The van der Waals surface area contributed by atoms with Crippen LogP contribution >= 0.6 is 0 Å². The second kappa shape index (κ2) is 9.39. The zero-order valence-electron chi connectivity index (χ0n) is 14.0. The lowest BCUT2D eigenvalue weighted by molar-refractivity contribution is 0.145. The van der Waals surface area contributed by atoms with Crippen molar-refractivity contribution in [1.29, 1.82) is 0 Å². The van der Waals surface area contributed by atoms with Gasteiger partial charge >= 0.3 is 0 Å². The number of nitrogens with one attached hydrogen (secondary N) is 2. The van der Waals surface area contributed by atoms with E-state index in [2.05, 4.69) is 34.6 Å². The van der Waals surface area contributed by atoms with Gasteiger partial charge in [-0.15, -0.1) is 0 Å². The SMILES string of the molecule is CCOCCCNC(=NC)NCCc1c(C)nn(C)c1C. The van der Waals surface area contributed by atoms with Crippen molar-refractivity contribution in [1.82, 2.24) is 20.4 Å². The van der Waals surface area contributed by atoms with E-state index < -0.39 is 0 Å². The monoisotopic (exact) mass is 295 g/mol. The first kappa shape index (κ1) is 17.5. The minimum Gasteiger partial charge on any atom is -0.382 e. The van der Waals surface area contributed by atoms with Crippen LogP contribution in [-0.2, 0) is 18.2 Å². The predicted molar refractivity (Wildman–Crippen MR) is 86.9 cm³/mol. The van der Waals surface area contributed by atoms with E-state index in [1.807, 2.05) is 18.7 Å². The Labute approximate surface area is 128 Å². The molecule has 0 radical (unpaired) electrons. The Hall–Kier alpha value is -1.56. The Balaban J connectivity index is 2.29. The number of hydrogen-bond acceptors (Lipinski definition) is 3. The highest BCUT2D eigenvalue weighted by molar-refractivity contribution is 5.79. The van der Waals surface area contributed by atoms with E-state index in [-0.39, 0.29) is 0 Å². The van der Waals surface area contributed by atoms with Gasteiger partial charge < -0.3 is 15.4 Å². The number of guanidine groups is 1. The number of ether oxygens (including phenoxy) is 1. The van der Waals surface area contributed by atoms with Crippen LogP contribution in [0.3, 0.4) is 0 Å². The maximum atomic E-state index is 5.31. The number of nitrogens with zero attached hydrogens (tertiary/aromatic N) is 3. The average molecular weight is 295 g/mol. The van der Waals surface area contributed by atoms with E-state index in [1.54, 1.807) is 7.05 Å². The molecule has 6 nitrogen and oxygen atoms in total. The summed E-state index contributed by atoms with van der Waals surface area (Å²) in [5, 5.41) is 11.1. The molecule has 1 heterocycles. The van der Waals surface area contributed by atoms with Crippen LogP contribution in [0.4, 0.5) is 0 Å². The van der Waals surface area contributed by atoms with Gasteiger partial charge in [0.2, 0.25) is 0 Å². The van der Waals surface area contributed by atoms with Gasteiger partial charge in [0.25, 0.3) is 0 Å². The van der Waals surface area contributed by atoms with E-state index in [4.69, 9.17) is 4.74 Å². The molecule has 21 heavy (non-hydrogen) atoms. The van der Waals surface area contributed by atoms with Crippen molar-refractivity contribution in [2.75, 3.05) is 33.4 Å². The quantitative estimate of drug-likeness (QED) is 0.429. The third-order valence-electron chi connectivity index (χ3n) is 3.51. The van der Waals surface area contributed by atoms with Crippen LogP contribution in [0.1, 0.15) is 30.3 Å². The molecule has 0 aliphatic carbocycles. The van der Waals surface area contributed by atoms with Crippen LogP contribution in [0.5, 0.6) is 0 Å². The number of aromatic nitrogens is 2. The van der Waals surface area contributed by atoms with Crippen molar-refractivity contribution in [2.45, 2.75) is 33.6 Å². The van der Waals surface area contributed by atoms with Crippen molar-refractivity contribution in [2.24, 2.45) is 12.0 Å². The van der Waals surface area contributed by atoms with Gasteiger partial charge in [0.05, 0.1) is 5.69 Å². The standard InChI is InChI=1S/C15H29N5O/c1-6-21-11-7-9-17-15(16-4)18-10-8-14-12(2)19-20(5)13(14)3/h6-11H2,1-5H3,(H2,16,17,18). The van der Waals surface area contributed by atoms with E-state index in [0.717, 1.165) is 50.8 Å². The van der Waals surface area contributed by atoms with Crippen LogP contribution in [0.25, 0.3) is 0 Å². The summed E-state index contributed by atoms with van der Waals surface area (Å²) in [6.07, 6.45) is 1.93. The first-order chi connectivity index (χ1) is 10.1. The zero-order valence-corrected chi connectivity index (χ0v) is 14.0. The Kier molecular flexibility index (Phi) is 7.82. The van der Waals surface area contributed by atoms with E-state index >= 15 is 0 Å². The van der Waals surface area contributed by atoms with Crippen LogP contribution in [0, 0.1) is 13.8 Å². The van der Waals surface area contributed by atoms with Crippen molar-refractivity contribution in [3.05, 3.63) is 17.0 Å². The van der Waals surface area contributed by atoms with Gasteiger partial charge in [-0.05, 0) is 39.2 Å². The Bertz CT molecular complexity index is 453. The third-order valence-corrected chi connectivity index (χ3v) is 3.51. The van der Waals surface area contributed by atoms with Crippen LogP contribution < -0.4 is 10.6 Å². The van der Waals surface area contributed by atoms with Crippen LogP contribution in [0.15, 0.2) is 4.99 Å². The number of hydrogen-bond donors (Lipinski definition) is 2.